The van der Waals surface area contributed by atoms with E-state index in [1.807, 2.05) is 9.47 Å². The molecule has 3 heterocycles. The number of fused-ring (bicyclic) bond motifs is 1. The summed E-state index contributed by atoms with van der Waals surface area (Å²) in [6, 6.07) is 8.13. The number of halogens is 3. The van der Waals surface area contributed by atoms with Crippen molar-refractivity contribution in [3.63, 3.8) is 0 Å². The summed E-state index contributed by atoms with van der Waals surface area (Å²) in [7, 11) is 0. The lowest BCUT2D eigenvalue weighted by Crippen LogP contribution is -2.47. The lowest BCUT2D eigenvalue weighted by molar-refractivity contribution is 0.0695. The van der Waals surface area contributed by atoms with Crippen molar-refractivity contribution in [2.75, 3.05) is 31.1 Å². The zero-order valence-electron chi connectivity index (χ0n) is 21.5. The molecule has 41 heavy (non-hydrogen) atoms. The van der Waals surface area contributed by atoms with Crippen molar-refractivity contribution in [1.29, 1.82) is 0 Å². The summed E-state index contributed by atoms with van der Waals surface area (Å²) in [4.78, 5) is 32.9. The number of hydrogen-bond donors (Lipinski definition) is 1. The maximum atomic E-state index is 15.3. The zero-order valence-corrected chi connectivity index (χ0v) is 24.6. The summed E-state index contributed by atoms with van der Waals surface area (Å²) in [5, 5.41) is 15.6. The molecule has 0 atom stereocenters. The molecule has 2 aromatic heterocycles. The van der Waals surface area contributed by atoms with Crippen molar-refractivity contribution in [1.82, 2.24) is 19.2 Å². The Kier molecular flexibility index (Phi) is 7.68. The van der Waals surface area contributed by atoms with Crippen LogP contribution in [0.15, 0.2) is 46.3 Å². The number of aromatic carboxylic acids is 1. The molecule has 0 unspecified atom stereocenters. The highest BCUT2D eigenvalue weighted by atomic mass is 35.5. The summed E-state index contributed by atoms with van der Waals surface area (Å²) in [6.45, 7) is 2.87. The Morgan fingerprint density at radius 3 is 2.51 bits per heavy atom. The molecular formula is C27H23Cl2FN6O3S2. The molecule has 9 nitrogen and oxygen atoms in total. The topological polar surface area (TPSA) is 96.0 Å². The fraction of sp³-hybridized carbons (Fsp3) is 0.296. The number of aliphatic imine (C=N–C) groups is 1. The Bertz CT molecular complexity index is 1810. The highest BCUT2D eigenvalue weighted by Gasteiger charge is 2.28. The third kappa shape index (κ3) is 5.93. The van der Waals surface area contributed by atoms with Crippen LogP contribution in [-0.4, -0.2) is 62.7 Å². The quantitative estimate of drug-likeness (QED) is 0.197. The average molecular weight is 634 g/mol. The first-order valence-corrected chi connectivity index (χ1v) is 14.8. The van der Waals surface area contributed by atoms with E-state index in [1.165, 1.54) is 23.6 Å². The fourth-order valence-electron chi connectivity index (χ4n) is 4.94. The number of hydrogen-bond acceptors (Lipinski definition) is 8. The Hall–Kier alpha value is -3.16. The number of pyridine rings is 1. The van der Waals surface area contributed by atoms with Gasteiger partial charge >= 0.3 is 5.97 Å². The fourth-order valence-corrected chi connectivity index (χ4v) is 6.41. The zero-order chi connectivity index (χ0) is 28.8. The van der Waals surface area contributed by atoms with Gasteiger partial charge in [0.05, 0.1) is 17.9 Å². The van der Waals surface area contributed by atoms with Crippen LogP contribution in [0.3, 0.4) is 0 Å². The Morgan fingerprint density at radius 2 is 1.85 bits per heavy atom. The van der Waals surface area contributed by atoms with Gasteiger partial charge in [-0.25, -0.2) is 18.9 Å². The molecule has 212 valence electrons. The minimum Gasteiger partial charge on any atom is -0.477 e. The SMILES string of the molecule is O=C(O)c1cn(C2CC2)c2cc(N3CCN(Cn4nc(/N=C/c5cc(Cl)cc(Cl)c5)sc4=S)CC3)c(F)cc2c1=O. The summed E-state index contributed by atoms with van der Waals surface area (Å²) >= 11 is 18.9. The monoisotopic (exact) mass is 632 g/mol. The van der Waals surface area contributed by atoms with Crippen LogP contribution in [-0.2, 0) is 6.67 Å². The van der Waals surface area contributed by atoms with Gasteiger partial charge in [-0.3, -0.25) is 9.69 Å². The number of aromatic nitrogens is 3. The molecule has 1 saturated carbocycles. The highest BCUT2D eigenvalue weighted by Crippen LogP contribution is 2.38. The summed E-state index contributed by atoms with van der Waals surface area (Å²) in [6.07, 6.45) is 4.81. The van der Waals surface area contributed by atoms with Crippen LogP contribution in [0.1, 0.15) is 34.8 Å². The molecule has 0 bridgehead atoms. The van der Waals surface area contributed by atoms with E-state index in [-0.39, 0.29) is 17.0 Å². The number of rotatable bonds is 7. The van der Waals surface area contributed by atoms with E-state index < -0.39 is 17.2 Å². The van der Waals surface area contributed by atoms with E-state index in [2.05, 4.69) is 15.0 Å². The first kappa shape index (κ1) is 28.0. The van der Waals surface area contributed by atoms with Crippen LogP contribution < -0.4 is 10.3 Å². The van der Waals surface area contributed by atoms with Gasteiger partial charge in [-0.05, 0) is 61.0 Å². The van der Waals surface area contributed by atoms with Crippen LogP contribution in [0, 0.1) is 9.77 Å². The minimum absolute atomic E-state index is 0.0894. The van der Waals surface area contributed by atoms with Gasteiger partial charge in [0.25, 0.3) is 0 Å². The third-order valence-electron chi connectivity index (χ3n) is 7.12. The van der Waals surface area contributed by atoms with Crippen LogP contribution >= 0.6 is 46.8 Å². The average Bonchev–Trinajstić information content (AvgIpc) is 3.71. The first-order chi connectivity index (χ1) is 19.7. The molecule has 0 spiro atoms. The summed E-state index contributed by atoms with van der Waals surface area (Å²) in [5.74, 6) is -1.85. The molecule has 1 N–H and O–H groups in total. The minimum atomic E-state index is -1.31. The Morgan fingerprint density at radius 1 is 1.15 bits per heavy atom. The lowest BCUT2D eigenvalue weighted by Gasteiger charge is -2.36. The van der Waals surface area contributed by atoms with E-state index in [0.717, 1.165) is 18.4 Å². The van der Waals surface area contributed by atoms with Gasteiger partial charge in [-0.1, -0.05) is 34.5 Å². The number of nitrogens with zero attached hydrogens (tertiary/aromatic N) is 6. The van der Waals surface area contributed by atoms with Crippen molar-refractivity contribution >= 4 is 80.7 Å². The highest BCUT2D eigenvalue weighted by molar-refractivity contribution is 7.73. The van der Waals surface area contributed by atoms with Crippen LogP contribution in [0.25, 0.3) is 10.9 Å². The van der Waals surface area contributed by atoms with Crippen LogP contribution in [0.5, 0.6) is 0 Å². The van der Waals surface area contributed by atoms with Gasteiger partial charge < -0.3 is 14.6 Å². The van der Waals surface area contributed by atoms with Crippen molar-refractivity contribution in [2.24, 2.45) is 4.99 Å². The van der Waals surface area contributed by atoms with Crippen molar-refractivity contribution < 1.29 is 14.3 Å². The molecule has 1 aliphatic heterocycles. The number of carbonyl (C=O) groups is 1. The van der Waals surface area contributed by atoms with E-state index in [9.17, 15) is 14.7 Å². The maximum Gasteiger partial charge on any atom is 0.341 e. The summed E-state index contributed by atoms with van der Waals surface area (Å²) < 4.78 is 19.4. The van der Waals surface area contributed by atoms with Crippen LogP contribution in [0.4, 0.5) is 15.2 Å². The second-order valence-corrected chi connectivity index (χ2v) is 12.5. The second kappa shape index (κ2) is 11.3. The lowest BCUT2D eigenvalue weighted by atomic mass is 10.1. The molecule has 14 heteroatoms. The number of benzene rings is 2. The van der Waals surface area contributed by atoms with Gasteiger partial charge in [0.1, 0.15) is 11.4 Å². The number of anilines is 1. The first-order valence-electron chi connectivity index (χ1n) is 12.8. The van der Waals surface area contributed by atoms with Gasteiger partial charge in [0.2, 0.25) is 10.6 Å². The van der Waals surface area contributed by atoms with Crippen molar-refractivity contribution in [2.45, 2.75) is 25.6 Å². The van der Waals surface area contributed by atoms with Gasteiger partial charge in [-0.2, -0.15) is 0 Å². The molecule has 0 amide bonds. The van der Waals surface area contributed by atoms with Gasteiger partial charge in [0, 0.05) is 60.1 Å². The van der Waals surface area contributed by atoms with Gasteiger partial charge in [0.15, 0.2) is 3.95 Å². The molecular weight excluding hydrogens is 610 g/mol. The number of piperazine rings is 1. The molecule has 0 radical (unpaired) electrons. The van der Waals surface area contributed by atoms with Crippen LogP contribution in [0.2, 0.25) is 10.0 Å². The number of carboxylic acids is 1. The standard InChI is InChI=1S/C27H23Cl2FN6O3S2/c28-16-7-15(8-17(29)9-16)12-31-26-32-36(27(40)41-26)14-33-3-5-34(6-4-33)23-11-22-19(10-21(23)30)24(37)20(25(38)39)13-35(22)18-1-2-18/h7-13,18H,1-6,14H2,(H,38,39)/b31-12+. The van der Waals surface area contributed by atoms with Crippen molar-refractivity contribution in [3.8, 4) is 0 Å². The van der Waals surface area contributed by atoms with Crippen molar-refractivity contribution in [3.05, 3.63) is 77.7 Å². The molecule has 2 aromatic carbocycles. The number of carboxylic acid groups (broad SMARTS) is 1. The molecule has 1 aliphatic carbocycles. The predicted molar refractivity (Wildman–Crippen MR) is 162 cm³/mol. The molecule has 2 fully saturated rings. The maximum absolute atomic E-state index is 15.3. The molecule has 4 aromatic rings. The summed E-state index contributed by atoms with van der Waals surface area (Å²) in [5.41, 5.74) is 0.706. The predicted octanol–water partition coefficient (Wildman–Crippen LogP) is 6.00. The molecule has 6 rings (SSSR count). The molecule has 1 saturated heterocycles. The molecule has 2 aliphatic rings. The largest absolute Gasteiger partial charge is 0.477 e. The normalized spacial score (nSPS) is 16.2. The smallest absolute Gasteiger partial charge is 0.341 e. The van der Waals surface area contributed by atoms with E-state index in [1.54, 1.807) is 35.2 Å². The van der Waals surface area contributed by atoms with E-state index >= 15 is 4.39 Å². The van der Waals surface area contributed by atoms with Gasteiger partial charge in [-0.15, -0.1) is 5.10 Å². The third-order valence-corrected chi connectivity index (χ3v) is 8.78. The van der Waals surface area contributed by atoms with E-state index in [4.69, 9.17) is 35.4 Å². The van der Waals surface area contributed by atoms with E-state index in [0.29, 0.717) is 63.2 Å². The second-order valence-electron chi connectivity index (χ2n) is 9.99. The Labute approximate surface area is 252 Å². The Balaban J connectivity index is 1.16.